The second kappa shape index (κ2) is 9.78. The van der Waals surface area contributed by atoms with E-state index in [9.17, 15) is 9.59 Å². The van der Waals surface area contributed by atoms with E-state index in [1.54, 1.807) is 45.6 Å². The number of hydrogen-bond acceptors (Lipinski definition) is 8. The number of fused-ring (bicyclic) bond motifs is 1. The fraction of sp³-hybridized carbons (Fsp3) is 0.280. The largest absolute Gasteiger partial charge is 0.497 e. The van der Waals surface area contributed by atoms with Crippen LogP contribution in [0.25, 0.3) is 0 Å². The minimum atomic E-state index is -0.373. The number of ketones is 1. The van der Waals surface area contributed by atoms with Gasteiger partial charge in [-0.25, -0.2) is 9.97 Å². The fourth-order valence-electron chi connectivity index (χ4n) is 4.02. The average Bonchev–Trinajstić information content (AvgIpc) is 2.87. The highest BCUT2D eigenvalue weighted by atomic mass is 16.5. The van der Waals surface area contributed by atoms with Crippen LogP contribution in [0, 0.1) is 0 Å². The van der Waals surface area contributed by atoms with Crippen LogP contribution >= 0.6 is 0 Å². The lowest BCUT2D eigenvalue weighted by Gasteiger charge is -2.24. The van der Waals surface area contributed by atoms with Crippen molar-refractivity contribution in [3.8, 4) is 23.0 Å². The topological polar surface area (TPSA) is 109 Å². The molecule has 0 saturated heterocycles. The van der Waals surface area contributed by atoms with Crippen LogP contribution in [0.2, 0.25) is 0 Å². The quantitative estimate of drug-likeness (QED) is 0.565. The molecule has 0 spiro atoms. The molecule has 0 fully saturated rings. The molecule has 3 aromatic rings. The van der Waals surface area contributed by atoms with Gasteiger partial charge >= 0.3 is 0 Å². The summed E-state index contributed by atoms with van der Waals surface area (Å²) in [5.41, 5.74) is 2.31. The van der Waals surface area contributed by atoms with E-state index in [0.717, 1.165) is 5.56 Å². The van der Waals surface area contributed by atoms with Gasteiger partial charge in [-0.1, -0.05) is 6.07 Å². The summed E-state index contributed by atoms with van der Waals surface area (Å²) in [6.07, 6.45) is 2.26. The van der Waals surface area contributed by atoms with Crippen molar-refractivity contribution >= 4 is 17.6 Å². The summed E-state index contributed by atoms with van der Waals surface area (Å²) in [4.78, 5) is 34.2. The maximum atomic E-state index is 12.9. The molecule has 1 aromatic heterocycles. The number of nitrogens with zero attached hydrogens (tertiary/aromatic N) is 2. The van der Waals surface area contributed by atoms with E-state index < -0.39 is 0 Å². The van der Waals surface area contributed by atoms with Gasteiger partial charge < -0.3 is 18.9 Å². The third-order valence-electron chi connectivity index (χ3n) is 5.76. The molecular weight excluding hydrogens is 438 g/mol. The number of ether oxygens (including phenoxy) is 4. The zero-order valence-electron chi connectivity index (χ0n) is 19.4. The van der Waals surface area contributed by atoms with Gasteiger partial charge in [-0.05, 0) is 48.2 Å². The first kappa shape index (κ1) is 23.0. The van der Waals surface area contributed by atoms with Crippen molar-refractivity contribution < 1.29 is 28.5 Å². The van der Waals surface area contributed by atoms with Crippen molar-refractivity contribution in [1.29, 1.82) is 0 Å². The average molecular weight is 463 g/mol. The van der Waals surface area contributed by atoms with E-state index in [4.69, 9.17) is 18.9 Å². The Labute approximate surface area is 197 Å². The number of hydrogen-bond donors (Lipinski definition) is 1. The van der Waals surface area contributed by atoms with Gasteiger partial charge in [0.15, 0.2) is 17.3 Å². The first-order chi connectivity index (χ1) is 16.5. The summed E-state index contributed by atoms with van der Waals surface area (Å²) in [5.74, 6) is 1.63. The highest BCUT2D eigenvalue weighted by molar-refractivity contribution is 6.04. The van der Waals surface area contributed by atoms with Gasteiger partial charge in [0.25, 0.3) is 5.91 Å². The number of amides is 1. The molecule has 34 heavy (non-hydrogen) atoms. The molecule has 0 radical (unpaired) electrons. The van der Waals surface area contributed by atoms with E-state index in [1.165, 1.54) is 13.3 Å². The van der Waals surface area contributed by atoms with Crippen LogP contribution in [0.3, 0.4) is 0 Å². The fourth-order valence-corrected chi connectivity index (χ4v) is 4.02. The number of anilines is 1. The van der Waals surface area contributed by atoms with Crippen LogP contribution in [0.5, 0.6) is 23.0 Å². The van der Waals surface area contributed by atoms with E-state index in [0.29, 0.717) is 52.7 Å². The van der Waals surface area contributed by atoms with E-state index in [-0.39, 0.29) is 23.6 Å². The second-order valence-electron chi connectivity index (χ2n) is 7.73. The number of aromatic nitrogens is 2. The Kier molecular flexibility index (Phi) is 6.62. The van der Waals surface area contributed by atoms with Crippen molar-refractivity contribution in [1.82, 2.24) is 9.97 Å². The van der Waals surface area contributed by atoms with Crippen LogP contribution in [0.15, 0.2) is 42.6 Å². The number of carbonyl (C=O) groups is 2. The van der Waals surface area contributed by atoms with E-state index in [2.05, 4.69) is 15.3 Å². The monoisotopic (exact) mass is 463 g/mol. The lowest BCUT2D eigenvalue weighted by atomic mass is 9.82. The van der Waals surface area contributed by atoms with E-state index >= 15 is 0 Å². The third kappa shape index (κ3) is 4.50. The van der Waals surface area contributed by atoms with Crippen LogP contribution < -0.4 is 24.3 Å². The summed E-state index contributed by atoms with van der Waals surface area (Å²) in [6.45, 7) is 0. The van der Waals surface area contributed by atoms with Crippen LogP contribution in [-0.4, -0.2) is 50.1 Å². The van der Waals surface area contributed by atoms with Gasteiger partial charge in [0, 0.05) is 18.2 Å². The summed E-state index contributed by atoms with van der Waals surface area (Å²) < 4.78 is 21.5. The van der Waals surface area contributed by atoms with Gasteiger partial charge in [0.05, 0.1) is 39.7 Å². The Morgan fingerprint density at radius 2 is 1.71 bits per heavy atom. The van der Waals surface area contributed by atoms with Crippen LogP contribution in [0.4, 0.5) is 5.95 Å². The standard InChI is InChI=1S/C25H25N3O6/c1-31-17-7-5-6-14(8-17)24(30)28-25-26-13-18-19(27-25)9-15(10-20(18)29)16-11-21(32-2)23(34-4)22(12-16)33-3/h5-8,11-13,15H,9-10H2,1-4H3,(H,26,27,28,30)/t15-/m0/s1. The minimum absolute atomic E-state index is 0.0642. The molecule has 0 saturated carbocycles. The summed E-state index contributed by atoms with van der Waals surface area (Å²) in [7, 11) is 6.17. The predicted molar refractivity (Wildman–Crippen MR) is 124 cm³/mol. The molecule has 1 aliphatic carbocycles. The number of Topliss-reactive ketones (excluding diaryl/α,β-unsaturated/α-hetero) is 1. The lowest BCUT2D eigenvalue weighted by Crippen LogP contribution is -2.22. The SMILES string of the molecule is COc1cccc(C(=O)Nc2ncc3c(n2)C[C@H](c2cc(OC)c(OC)c(OC)c2)CC3=O)c1. The summed E-state index contributed by atoms with van der Waals surface area (Å²) in [5, 5.41) is 2.70. The Hall–Kier alpha value is -4.14. The van der Waals surface area contributed by atoms with E-state index in [1.807, 2.05) is 12.1 Å². The molecule has 176 valence electrons. The van der Waals surface area contributed by atoms with Gasteiger partial charge in [-0.15, -0.1) is 0 Å². The number of carbonyl (C=O) groups excluding carboxylic acids is 2. The molecule has 2 aromatic carbocycles. The summed E-state index contributed by atoms with van der Waals surface area (Å²) >= 11 is 0. The van der Waals surface area contributed by atoms with Crippen molar-refractivity contribution in [3.05, 3.63) is 65.0 Å². The number of nitrogens with one attached hydrogen (secondary N) is 1. The zero-order valence-corrected chi connectivity index (χ0v) is 19.4. The van der Waals surface area contributed by atoms with Crippen molar-refractivity contribution in [2.75, 3.05) is 33.8 Å². The molecule has 1 N–H and O–H groups in total. The first-order valence-electron chi connectivity index (χ1n) is 10.6. The smallest absolute Gasteiger partial charge is 0.258 e. The van der Waals surface area contributed by atoms with Crippen LogP contribution in [0.1, 0.15) is 44.3 Å². The molecule has 0 aliphatic heterocycles. The maximum Gasteiger partial charge on any atom is 0.258 e. The Morgan fingerprint density at radius 3 is 2.35 bits per heavy atom. The molecule has 9 heteroatoms. The molecule has 1 atom stereocenters. The third-order valence-corrected chi connectivity index (χ3v) is 5.76. The Balaban J connectivity index is 1.60. The second-order valence-corrected chi connectivity index (χ2v) is 7.73. The first-order valence-corrected chi connectivity index (χ1v) is 10.6. The van der Waals surface area contributed by atoms with Crippen molar-refractivity contribution in [3.63, 3.8) is 0 Å². The highest BCUT2D eigenvalue weighted by Gasteiger charge is 2.30. The zero-order chi connectivity index (χ0) is 24.2. The number of benzene rings is 2. The molecule has 0 unspecified atom stereocenters. The van der Waals surface area contributed by atoms with Crippen LogP contribution in [-0.2, 0) is 6.42 Å². The lowest BCUT2D eigenvalue weighted by molar-refractivity contribution is 0.0962. The van der Waals surface area contributed by atoms with Gasteiger partial charge in [0.2, 0.25) is 11.7 Å². The molecular formula is C25H25N3O6. The van der Waals surface area contributed by atoms with Crippen molar-refractivity contribution in [2.45, 2.75) is 18.8 Å². The molecule has 1 heterocycles. The molecule has 0 bridgehead atoms. The normalized spacial score (nSPS) is 14.7. The summed E-state index contributed by atoms with van der Waals surface area (Å²) in [6, 6.07) is 10.5. The molecule has 1 aliphatic rings. The highest BCUT2D eigenvalue weighted by Crippen LogP contribution is 2.42. The van der Waals surface area contributed by atoms with Gasteiger partial charge in [0.1, 0.15) is 5.75 Å². The maximum absolute atomic E-state index is 12.9. The van der Waals surface area contributed by atoms with Crippen molar-refractivity contribution in [2.24, 2.45) is 0 Å². The molecule has 4 rings (SSSR count). The number of methoxy groups -OCH3 is 4. The molecule has 9 nitrogen and oxygen atoms in total. The Bertz CT molecular complexity index is 1220. The molecule has 1 amide bonds. The number of rotatable bonds is 7. The van der Waals surface area contributed by atoms with Gasteiger partial charge in [-0.3, -0.25) is 14.9 Å². The minimum Gasteiger partial charge on any atom is -0.497 e. The Morgan fingerprint density at radius 1 is 0.971 bits per heavy atom. The van der Waals surface area contributed by atoms with Gasteiger partial charge in [-0.2, -0.15) is 0 Å². The predicted octanol–water partition coefficient (Wildman–Crippen LogP) is 3.68.